The molecule has 1 rings (SSSR count). The monoisotopic (exact) mass is 136 g/mol. The topological polar surface area (TPSA) is 22.1 Å². The van der Waals surface area contributed by atoms with Gasteiger partial charge in [-0.2, -0.15) is 0 Å². The van der Waals surface area contributed by atoms with Crippen molar-refractivity contribution in [1.82, 2.24) is 4.98 Å². The molecule has 2 heteroatoms. The molecule has 0 aromatic carbocycles. The Morgan fingerprint density at radius 3 is 3.10 bits per heavy atom. The molecule has 1 aromatic heterocycles. The lowest BCUT2D eigenvalue weighted by Crippen LogP contribution is -1.90. The van der Waals surface area contributed by atoms with Crippen LogP contribution in [0.2, 0.25) is 0 Å². The normalized spacial score (nSPS) is 9.70. The van der Waals surface area contributed by atoms with Gasteiger partial charge in [0.2, 0.25) is 0 Å². The van der Waals surface area contributed by atoms with Crippen molar-refractivity contribution in [3.05, 3.63) is 36.7 Å². The lowest BCUT2D eigenvalue weighted by molar-refractivity contribution is 0.187. The van der Waals surface area contributed by atoms with Gasteiger partial charge in [0.1, 0.15) is 0 Å². The molecule has 1 aromatic rings. The van der Waals surface area contributed by atoms with E-state index in [1.807, 2.05) is 25.1 Å². The molecule has 10 heavy (non-hydrogen) atoms. The molecule has 0 aliphatic rings. The van der Waals surface area contributed by atoms with Crippen LogP contribution in [-0.4, -0.2) is 4.98 Å². The zero-order chi connectivity index (χ0) is 7.23. The molecule has 0 amide bonds. The van der Waals surface area contributed by atoms with Crippen LogP contribution in [-0.2, 0) is 11.3 Å². The second kappa shape index (κ2) is 4.01. The van der Waals surface area contributed by atoms with Crippen molar-refractivity contribution in [3.63, 3.8) is 0 Å². The van der Waals surface area contributed by atoms with E-state index < -0.39 is 0 Å². The fourth-order valence-electron chi connectivity index (χ4n) is 0.652. The molecule has 1 heterocycles. The quantitative estimate of drug-likeness (QED) is 0.631. The third-order valence-corrected chi connectivity index (χ3v) is 1.12. The highest BCUT2D eigenvalue weighted by Crippen LogP contribution is 1.95. The fourth-order valence-corrected chi connectivity index (χ4v) is 0.652. The molecule has 2 nitrogen and oxygen atoms in total. The van der Waals surface area contributed by atoms with Crippen molar-refractivity contribution in [1.29, 1.82) is 0 Å². The summed E-state index contributed by atoms with van der Waals surface area (Å²) in [4.78, 5) is 4.07. The van der Waals surface area contributed by atoms with Gasteiger partial charge in [0.25, 0.3) is 0 Å². The SMILES string of the molecule is C[CH]OCc1ccccn1. The molecule has 0 spiro atoms. The maximum atomic E-state index is 5.03. The fraction of sp³-hybridized carbons (Fsp3) is 0.250. The molecular formula is C8H10NO. The third-order valence-electron chi connectivity index (χ3n) is 1.12. The van der Waals surface area contributed by atoms with E-state index in [4.69, 9.17) is 4.74 Å². The van der Waals surface area contributed by atoms with Crippen molar-refractivity contribution in [2.75, 3.05) is 0 Å². The number of rotatable bonds is 3. The van der Waals surface area contributed by atoms with Crippen LogP contribution in [0.5, 0.6) is 0 Å². The molecule has 0 fully saturated rings. The van der Waals surface area contributed by atoms with Gasteiger partial charge in [-0.1, -0.05) is 6.07 Å². The first-order valence-electron chi connectivity index (χ1n) is 3.23. The Labute approximate surface area is 60.9 Å². The number of aromatic nitrogens is 1. The zero-order valence-corrected chi connectivity index (χ0v) is 5.95. The minimum Gasteiger partial charge on any atom is -0.370 e. The van der Waals surface area contributed by atoms with Gasteiger partial charge in [-0.15, -0.1) is 0 Å². The van der Waals surface area contributed by atoms with Gasteiger partial charge >= 0.3 is 0 Å². The molecule has 53 valence electrons. The van der Waals surface area contributed by atoms with Crippen molar-refractivity contribution in [3.8, 4) is 0 Å². The molecule has 0 saturated carbocycles. The van der Waals surface area contributed by atoms with E-state index in [1.165, 1.54) is 0 Å². The van der Waals surface area contributed by atoms with E-state index in [0.717, 1.165) is 5.69 Å². The summed E-state index contributed by atoms with van der Waals surface area (Å²) in [6.07, 6.45) is 1.76. The van der Waals surface area contributed by atoms with Gasteiger partial charge in [-0.3, -0.25) is 4.98 Å². The van der Waals surface area contributed by atoms with Crippen molar-refractivity contribution >= 4 is 0 Å². The lowest BCUT2D eigenvalue weighted by atomic mass is 10.4. The summed E-state index contributed by atoms with van der Waals surface area (Å²) in [7, 11) is 0. The molecule has 0 saturated heterocycles. The van der Waals surface area contributed by atoms with Crippen LogP contribution in [0.25, 0.3) is 0 Å². The van der Waals surface area contributed by atoms with Gasteiger partial charge in [0.05, 0.1) is 18.9 Å². The largest absolute Gasteiger partial charge is 0.370 e. The Hall–Kier alpha value is -0.890. The minimum atomic E-state index is 0.567. The van der Waals surface area contributed by atoms with E-state index in [0.29, 0.717) is 6.61 Å². The molecular weight excluding hydrogens is 126 g/mol. The summed E-state index contributed by atoms with van der Waals surface area (Å²) in [5.41, 5.74) is 0.959. The minimum absolute atomic E-state index is 0.567. The summed E-state index contributed by atoms with van der Waals surface area (Å²) >= 11 is 0. The summed E-state index contributed by atoms with van der Waals surface area (Å²) in [6, 6.07) is 5.77. The summed E-state index contributed by atoms with van der Waals surface area (Å²) in [6.45, 7) is 4.08. The Balaban J connectivity index is 2.43. The highest BCUT2D eigenvalue weighted by molar-refractivity contribution is 5.01. The van der Waals surface area contributed by atoms with Crippen LogP contribution in [0.15, 0.2) is 24.4 Å². The van der Waals surface area contributed by atoms with Gasteiger partial charge in [0, 0.05) is 6.20 Å². The maximum absolute atomic E-state index is 5.03. The number of hydrogen-bond acceptors (Lipinski definition) is 2. The molecule has 0 N–H and O–H groups in total. The predicted octanol–water partition coefficient (Wildman–Crippen LogP) is 1.78. The number of ether oxygens (including phenoxy) is 1. The number of nitrogens with zero attached hydrogens (tertiary/aromatic N) is 1. The van der Waals surface area contributed by atoms with E-state index in [2.05, 4.69) is 4.98 Å². The van der Waals surface area contributed by atoms with Crippen molar-refractivity contribution < 1.29 is 4.74 Å². The smallest absolute Gasteiger partial charge is 0.0892 e. The first kappa shape index (κ1) is 7.22. The van der Waals surface area contributed by atoms with E-state index in [-0.39, 0.29) is 0 Å². The maximum Gasteiger partial charge on any atom is 0.0892 e. The number of hydrogen-bond donors (Lipinski definition) is 0. The average molecular weight is 136 g/mol. The number of pyridine rings is 1. The van der Waals surface area contributed by atoms with Crippen molar-refractivity contribution in [2.24, 2.45) is 0 Å². The second-order valence-corrected chi connectivity index (χ2v) is 1.87. The molecule has 0 aliphatic heterocycles. The lowest BCUT2D eigenvalue weighted by Gasteiger charge is -1.97. The zero-order valence-electron chi connectivity index (χ0n) is 5.95. The second-order valence-electron chi connectivity index (χ2n) is 1.87. The standard InChI is InChI=1S/C8H10NO/c1-2-10-7-8-5-3-4-6-9-8/h2-6H,7H2,1H3. The first-order chi connectivity index (χ1) is 4.93. The third kappa shape index (κ3) is 2.15. The Morgan fingerprint density at radius 2 is 2.50 bits per heavy atom. The van der Waals surface area contributed by atoms with Crippen LogP contribution in [0.4, 0.5) is 0 Å². The van der Waals surface area contributed by atoms with Crippen LogP contribution >= 0.6 is 0 Å². The van der Waals surface area contributed by atoms with Crippen LogP contribution in [0.1, 0.15) is 12.6 Å². The highest BCUT2D eigenvalue weighted by Gasteiger charge is 1.88. The Bertz CT molecular complexity index is 174. The van der Waals surface area contributed by atoms with Crippen LogP contribution in [0.3, 0.4) is 0 Å². The predicted molar refractivity (Wildman–Crippen MR) is 39.0 cm³/mol. The molecule has 1 radical (unpaired) electrons. The first-order valence-corrected chi connectivity index (χ1v) is 3.23. The molecule has 0 atom stereocenters. The summed E-state index contributed by atoms with van der Waals surface area (Å²) in [5, 5.41) is 0. The van der Waals surface area contributed by atoms with E-state index in [9.17, 15) is 0 Å². The van der Waals surface area contributed by atoms with E-state index in [1.54, 1.807) is 12.8 Å². The Kier molecular flexibility index (Phi) is 2.90. The average Bonchev–Trinajstić information content (AvgIpc) is 2.03. The Morgan fingerprint density at radius 1 is 1.60 bits per heavy atom. The van der Waals surface area contributed by atoms with Crippen LogP contribution < -0.4 is 0 Å². The molecule has 0 unspecified atom stereocenters. The molecule has 0 aliphatic carbocycles. The van der Waals surface area contributed by atoms with Gasteiger partial charge in [0.15, 0.2) is 0 Å². The summed E-state index contributed by atoms with van der Waals surface area (Å²) < 4.78 is 5.03. The van der Waals surface area contributed by atoms with Gasteiger partial charge < -0.3 is 4.74 Å². The van der Waals surface area contributed by atoms with Crippen molar-refractivity contribution in [2.45, 2.75) is 13.5 Å². The summed E-state index contributed by atoms with van der Waals surface area (Å²) in [5.74, 6) is 0. The molecule has 0 bridgehead atoms. The highest BCUT2D eigenvalue weighted by atomic mass is 16.5. The van der Waals surface area contributed by atoms with E-state index >= 15 is 0 Å². The van der Waals surface area contributed by atoms with Gasteiger partial charge in [-0.25, -0.2) is 0 Å². The van der Waals surface area contributed by atoms with Crippen LogP contribution in [0, 0.1) is 6.61 Å². The van der Waals surface area contributed by atoms with Gasteiger partial charge in [-0.05, 0) is 19.1 Å².